The maximum Gasteiger partial charge on any atom is 0.254 e. The molecule has 3 rings (SSSR count). The van der Waals surface area contributed by atoms with Crippen LogP contribution in [-0.4, -0.2) is 49.7 Å². The molecule has 0 radical (unpaired) electrons. The summed E-state index contributed by atoms with van der Waals surface area (Å²) in [6.45, 7) is 5.27. The number of hydrogen-bond acceptors (Lipinski definition) is 3. The first-order chi connectivity index (χ1) is 12.3. The van der Waals surface area contributed by atoms with E-state index < -0.39 is 10.0 Å². The summed E-state index contributed by atoms with van der Waals surface area (Å²) in [7, 11) is -3.57. The highest BCUT2D eigenvalue weighted by molar-refractivity contribution is 9.10. The number of piperazine rings is 1. The summed E-state index contributed by atoms with van der Waals surface area (Å²) >= 11 is 3.31. The van der Waals surface area contributed by atoms with Crippen LogP contribution in [0.3, 0.4) is 0 Å². The Morgan fingerprint density at radius 2 is 1.65 bits per heavy atom. The molecule has 0 aliphatic carbocycles. The van der Waals surface area contributed by atoms with Crippen LogP contribution in [0.15, 0.2) is 51.8 Å². The second kappa shape index (κ2) is 7.50. The van der Waals surface area contributed by atoms with E-state index in [1.54, 1.807) is 29.2 Å². The van der Waals surface area contributed by atoms with Gasteiger partial charge in [-0.15, -0.1) is 0 Å². The normalized spacial score (nSPS) is 15.9. The van der Waals surface area contributed by atoms with E-state index in [9.17, 15) is 13.2 Å². The van der Waals surface area contributed by atoms with Gasteiger partial charge in [0.15, 0.2) is 0 Å². The predicted octanol–water partition coefficient (Wildman–Crippen LogP) is 3.21. The van der Waals surface area contributed by atoms with Crippen molar-refractivity contribution in [3.63, 3.8) is 0 Å². The monoisotopic (exact) mass is 436 g/mol. The molecular formula is C19H21BrN2O3S. The predicted molar refractivity (Wildman–Crippen MR) is 105 cm³/mol. The Hall–Kier alpha value is -1.70. The fourth-order valence-corrected chi connectivity index (χ4v) is 5.53. The van der Waals surface area contributed by atoms with Crippen LogP contribution < -0.4 is 0 Å². The summed E-state index contributed by atoms with van der Waals surface area (Å²) in [5, 5.41) is 0. The van der Waals surface area contributed by atoms with Gasteiger partial charge in [0.25, 0.3) is 5.91 Å². The van der Waals surface area contributed by atoms with Crippen LogP contribution >= 0.6 is 15.9 Å². The summed E-state index contributed by atoms with van der Waals surface area (Å²) in [5.74, 6) is -0.0413. The lowest BCUT2D eigenvalue weighted by atomic mass is 10.0. The molecule has 0 spiro atoms. The standard InChI is InChI=1S/C19H21BrN2O3S/c1-14-7-8-16(15(2)13-14)19(23)21-9-11-22(12-10-21)26(24,25)18-6-4-3-5-17(18)20/h3-8,13H,9-12H2,1-2H3. The Morgan fingerprint density at radius 1 is 1.00 bits per heavy atom. The molecule has 0 bridgehead atoms. The van der Waals surface area contributed by atoms with Gasteiger partial charge in [0, 0.05) is 36.2 Å². The van der Waals surface area contributed by atoms with Crippen molar-refractivity contribution in [1.29, 1.82) is 0 Å². The largest absolute Gasteiger partial charge is 0.336 e. The molecule has 5 nitrogen and oxygen atoms in total. The Balaban J connectivity index is 1.73. The number of sulfonamides is 1. The number of hydrogen-bond donors (Lipinski definition) is 0. The van der Waals surface area contributed by atoms with Crippen LogP contribution in [0.2, 0.25) is 0 Å². The van der Waals surface area contributed by atoms with Gasteiger partial charge in [-0.2, -0.15) is 4.31 Å². The maximum absolute atomic E-state index is 12.8. The minimum Gasteiger partial charge on any atom is -0.336 e. The second-order valence-electron chi connectivity index (χ2n) is 6.45. The molecule has 2 aromatic carbocycles. The van der Waals surface area contributed by atoms with Crippen molar-refractivity contribution < 1.29 is 13.2 Å². The molecule has 1 fully saturated rings. The van der Waals surface area contributed by atoms with Gasteiger partial charge in [-0.25, -0.2) is 8.42 Å². The lowest BCUT2D eigenvalue weighted by Gasteiger charge is -2.34. The van der Waals surface area contributed by atoms with E-state index in [2.05, 4.69) is 15.9 Å². The quantitative estimate of drug-likeness (QED) is 0.741. The molecular weight excluding hydrogens is 416 g/mol. The van der Waals surface area contributed by atoms with Crippen molar-refractivity contribution in [1.82, 2.24) is 9.21 Å². The SMILES string of the molecule is Cc1ccc(C(=O)N2CCN(S(=O)(=O)c3ccccc3Br)CC2)c(C)c1. The molecule has 1 heterocycles. The summed E-state index contributed by atoms with van der Waals surface area (Å²) in [6.07, 6.45) is 0. The van der Waals surface area contributed by atoms with Crippen LogP contribution in [-0.2, 0) is 10.0 Å². The van der Waals surface area contributed by atoms with Crippen molar-refractivity contribution in [3.8, 4) is 0 Å². The fraction of sp³-hybridized carbons (Fsp3) is 0.316. The van der Waals surface area contributed by atoms with Crippen molar-refractivity contribution in [2.75, 3.05) is 26.2 Å². The van der Waals surface area contributed by atoms with E-state index in [0.29, 0.717) is 36.2 Å². The Bertz CT molecular complexity index is 936. The highest BCUT2D eigenvalue weighted by Crippen LogP contribution is 2.25. The minimum absolute atomic E-state index is 0.0413. The molecule has 1 aliphatic rings. The van der Waals surface area contributed by atoms with E-state index >= 15 is 0 Å². The lowest BCUT2D eigenvalue weighted by molar-refractivity contribution is 0.0697. The number of rotatable bonds is 3. The number of nitrogens with zero attached hydrogens (tertiary/aromatic N) is 2. The van der Waals surface area contributed by atoms with E-state index in [0.717, 1.165) is 11.1 Å². The molecule has 0 unspecified atom stereocenters. The molecule has 138 valence electrons. The Kier molecular flexibility index (Phi) is 5.50. The van der Waals surface area contributed by atoms with Gasteiger partial charge in [0.05, 0.1) is 4.90 Å². The third-order valence-corrected chi connectivity index (χ3v) is 7.50. The summed E-state index contributed by atoms with van der Waals surface area (Å²) in [6, 6.07) is 12.5. The van der Waals surface area contributed by atoms with Crippen molar-refractivity contribution in [2.45, 2.75) is 18.7 Å². The first-order valence-electron chi connectivity index (χ1n) is 8.42. The van der Waals surface area contributed by atoms with Crippen LogP contribution in [0.25, 0.3) is 0 Å². The maximum atomic E-state index is 12.8. The molecule has 26 heavy (non-hydrogen) atoms. The number of amides is 1. The van der Waals surface area contributed by atoms with E-state index in [1.165, 1.54) is 4.31 Å². The molecule has 1 saturated heterocycles. The van der Waals surface area contributed by atoms with Crippen LogP contribution in [0.4, 0.5) is 0 Å². The Labute approximate surface area is 162 Å². The summed E-state index contributed by atoms with van der Waals surface area (Å²) in [4.78, 5) is 14.7. The number of benzene rings is 2. The first-order valence-corrected chi connectivity index (χ1v) is 10.7. The summed E-state index contributed by atoms with van der Waals surface area (Å²) < 4.78 is 27.7. The summed E-state index contributed by atoms with van der Waals surface area (Å²) in [5.41, 5.74) is 2.74. The third kappa shape index (κ3) is 3.70. The highest BCUT2D eigenvalue weighted by atomic mass is 79.9. The van der Waals surface area contributed by atoms with E-state index in [4.69, 9.17) is 0 Å². The van der Waals surface area contributed by atoms with E-state index in [1.807, 2.05) is 32.0 Å². The van der Waals surface area contributed by atoms with Crippen LogP contribution in [0, 0.1) is 13.8 Å². The second-order valence-corrected chi connectivity index (χ2v) is 9.21. The molecule has 1 amide bonds. The molecule has 0 aromatic heterocycles. The zero-order valence-electron chi connectivity index (χ0n) is 14.8. The Morgan fingerprint density at radius 3 is 2.27 bits per heavy atom. The first kappa shape index (κ1) is 19.1. The molecule has 1 aliphatic heterocycles. The van der Waals surface area contributed by atoms with Gasteiger partial charge in [0.2, 0.25) is 10.0 Å². The average Bonchev–Trinajstić information content (AvgIpc) is 2.61. The zero-order valence-corrected chi connectivity index (χ0v) is 17.2. The van der Waals surface area contributed by atoms with Gasteiger partial charge < -0.3 is 4.90 Å². The van der Waals surface area contributed by atoms with Crippen LogP contribution in [0.1, 0.15) is 21.5 Å². The van der Waals surface area contributed by atoms with Gasteiger partial charge in [-0.1, -0.05) is 29.8 Å². The van der Waals surface area contributed by atoms with Crippen molar-refractivity contribution >= 4 is 31.9 Å². The molecule has 0 saturated carbocycles. The topological polar surface area (TPSA) is 57.7 Å². The zero-order chi connectivity index (χ0) is 18.9. The van der Waals surface area contributed by atoms with E-state index in [-0.39, 0.29) is 10.8 Å². The molecule has 2 aromatic rings. The number of halogens is 1. The van der Waals surface area contributed by atoms with Gasteiger partial charge >= 0.3 is 0 Å². The molecule has 0 atom stereocenters. The smallest absolute Gasteiger partial charge is 0.254 e. The number of carbonyl (C=O) groups is 1. The van der Waals surface area contributed by atoms with Gasteiger partial charge in [0.1, 0.15) is 0 Å². The number of carbonyl (C=O) groups excluding carboxylic acids is 1. The van der Waals surface area contributed by atoms with Crippen molar-refractivity contribution in [2.24, 2.45) is 0 Å². The van der Waals surface area contributed by atoms with Gasteiger partial charge in [-0.3, -0.25) is 4.79 Å². The molecule has 0 N–H and O–H groups in total. The van der Waals surface area contributed by atoms with Crippen LogP contribution in [0.5, 0.6) is 0 Å². The van der Waals surface area contributed by atoms with Gasteiger partial charge in [-0.05, 0) is 53.5 Å². The highest BCUT2D eigenvalue weighted by Gasteiger charge is 2.31. The minimum atomic E-state index is -3.57. The molecule has 7 heteroatoms. The third-order valence-electron chi connectivity index (χ3n) is 4.59. The van der Waals surface area contributed by atoms with Crippen molar-refractivity contribution in [3.05, 3.63) is 63.6 Å². The lowest BCUT2D eigenvalue weighted by Crippen LogP contribution is -2.50. The fourth-order valence-electron chi connectivity index (χ4n) is 3.15. The average molecular weight is 437 g/mol. The number of aryl methyl sites for hydroxylation is 2.